The van der Waals surface area contributed by atoms with Gasteiger partial charge in [-0.15, -0.1) is 0 Å². The van der Waals surface area contributed by atoms with Gasteiger partial charge in [-0.2, -0.15) is 10.1 Å². The highest BCUT2D eigenvalue weighted by Crippen LogP contribution is 2.30. The van der Waals surface area contributed by atoms with Crippen LogP contribution in [0.25, 0.3) is 17.1 Å². The minimum Gasteiger partial charge on any atom is -0.339 e. The van der Waals surface area contributed by atoms with Gasteiger partial charge in [0.05, 0.1) is 16.9 Å². The van der Waals surface area contributed by atoms with Crippen LogP contribution in [0.4, 0.5) is 5.69 Å². The number of nitrogens with zero attached hydrogens (tertiary/aromatic N) is 5. The Labute approximate surface area is 174 Å². The SMILES string of the molecule is Cc1nc(-c2ccc(C)c(-n3cc(C(=O)N4CCc5ccccc54)c(C)n3)c2)no1. The van der Waals surface area contributed by atoms with E-state index in [1.165, 1.54) is 5.56 Å². The summed E-state index contributed by atoms with van der Waals surface area (Å²) in [5.74, 6) is 1.02. The summed E-state index contributed by atoms with van der Waals surface area (Å²) in [5.41, 5.74) is 6.24. The van der Waals surface area contributed by atoms with E-state index in [4.69, 9.17) is 4.52 Å². The maximum Gasteiger partial charge on any atom is 0.261 e. The Balaban J connectivity index is 1.51. The van der Waals surface area contributed by atoms with E-state index in [2.05, 4.69) is 21.3 Å². The molecule has 7 nitrogen and oxygen atoms in total. The van der Waals surface area contributed by atoms with Gasteiger partial charge in [-0.3, -0.25) is 4.79 Å². The number of amides is 1. The van der Waals surface area contributed by atoms with Gasteiger partial charge >= 0.3 is 0 Å². The lowest BCUT2D eigenvalue weighted by atomic mass is 10.1. The normalized spacial score (nSPS) is 13.0. The standard InChI is InChI=1S/C23H21N5O2/c1-14-8-9-18(22-24-16(3)30-26-22)12-21(14)28-13-19(15(2)25-28)23(29)27-11-10-17-6-4-5-7-20(17)27/h4-9,12-13H,10-11H2,1-3H3. The van der Waals surface area contributed by atoms with Crippen molar-refractivity contribution in [1.29, 1.82) is 0 Å². The van der Waals surface area contributed by atoms with E-state index in [1.54, 1.807) is 11.6 Å². The van der Waals surface area contributed by atoms with E-state index >= 15 is 0 Å². The van der Waals surface area contributed by atoms with Crippen molar-refractivity contribution >= 4 is 11.6 Å². The molecular formula is C23H21N5O2. The zero-order valence-corrected chi connectivity index (χ0v) is 17.1. The summed E-state index contributed by atoms with van der Waals surface area (Å²) < 4.78 is 6.86. The van der Waals surface area contributed by atoms with Gasteiger partial charge < -0.3 is 9.42 Å². The Kier molecular flexibility index (Phi) is 4.24. The molecule has 7 heteroatoms. The molecule has 2 aromatic heterocycles. The lowest BCUT2D eigenvalue weighted by Gasteiger charge is -2.16. The second-order valence-electron chi connectivity index (χ2n) is 7.55. The second-order valence-corrected chi connectivity index (χ2v) is 7.55. The fourth-order valence-corrected chi connectivity index (χ4v) is 3.90. The molecule has 0 N–H and O–H groups in total. The minimum absolute atomic E-state index is 0.0219. The third-order valence-electron chi connectivity index (χ3n) is 5.50. The molecule has 0 atom stereocenters. The zero-order chi connectivity index (χ0) is 20.8. The van der Waals surface area contributed by atoms with Gasteiger partial charge in [0.1, 0.15) is 0 Å². The molecule has 0 saturated carbocycles. The van der Waals surface area contributed by atoms with Crippen LogP contribution in [-0.4, -0.2) is 32.4 Å². The molecule has 0 fully saturated rings. The van der Waals surface area contributed by atoms with Crippen LogP contribution in [0.1, 0.15) is 33.1 Å². The molecule has 1 aliphatic rings. The van der Waals surface area contributed by atoms with E-state index in [9.17, 15) is 4.79 Å². The quantitative estimate of drug-likeness (QED) is 0.519. The number of hydrogen-bond acceptors (Lipinski definition) is 5. The zero-order valence-electron chi connectivity index (χ0n) is 17.1. The maximum absolute atomic E-state index is 13.3. The van der Waals surface area contributed by atoms with Crippen molar-refractivity contribution < 1.29 is 9.32 Å². The number of rotatable bonds is 3. The van der Waals surface area contributed by atoms with Crippen LogP contribution in [0, 0.1) is 20.8 Å². The van der Waals surface area contributed by atoms with E-state index in [0.29, 0.717) is 29.5 Å². The van der Waals surface area contributed by atoms with Crippen molar-refractivity contribution in [3.8, 4) is 17.1 Å². The molecule has 3 heterocycles. The largest absolute Gasteiger partial charge is 0.339 e. The van der Waals surface area contributed by atoms with E-state index < -0.39 is 0 Å². The van der Waals surface area contributed by atoms with Gasteiger partial charge in [0.25, 0.3) is 5.91 Å². The van der Waals surface area contributed by atoms with Crippen LogP contribution < -0.4 is 4.90 Å². The summed E-state index contributed by atoms with van der Waals surface area (Å²) in [6.45, 7) is 6.33. The van der Waals surface area contributed by atoms with Crippen molar-refractivity contribution in [2.45, 2.75) is 27.2 Å². The average Bonchev–Trinajstić information content (AvgIpc) is 3.46. The number of hydrogen-bond donors (Lipinski definition) is 0. The first-order valence-electron chi connectivity index (χ1n) is 9.89. The van der Waals surface area contributed by atoms with Crippen LogP contribution in [0.3, 0.4) is 0 Å². The molecular weight excluding hydrogens is 378 g/mol. The molecule has 0 radical (unpaired) electrons. The Morgan fingerprint density at radius 1 is 1.07 bits per heavy atom. The Hall–Kier alpha value is -3.74. The molecule has 0 spiro atoms. The molecule has 4 aromatic rings. The molecule has 0 bridgehead atoms. The molecule has 1 amide bonds. The van der Waals surface area contributed by atoms with Gasteiger partial charge in [0.2, 0.25) is 11.7 Å². The monoisotopic (exact) mass is 399 g/mol. The van der Waals surface area contributed by atoms with Crippen LogP contribution in [0.5, 0.6) is 0 Å². The molecule has 1 aliphatic heterocycles. The van der Waals surface area contributed by atoms with Crippen molar-refractivity contribution in [3.05, 3.63) is 76.9 Å². The summed E-state index contributed by atoms with van der Waals surface area (Å²) in [6.07, 6.45) is 2.69. The Morgan fingerprint density at radius 2 is 1.90 bits per heavy atom. The molecule has 5 rings (SSSR count). The lowest BCUT2D eigenvalue weighted by molar-refractivity contribution is 0.0989. The summed E-state index contributed by atoms with van der Waals surface area (Å²) in [5, 5.41) is 8.63. The van der Waals surface area contributed by atoms with Crippen molar-refractivity contribution in [2.24, 2.45) is 0 Å². The summed E-state index contributed by atoms with van der Waals surface area (Å²) in [7, 11) is 0. The molecule has 0 unspecified atom stereocenters. The fraction of sp³-hybridized carbons (Fsp3) is 0.217. The van der Waals surface area contributed by atoms with E-state index in [-0.39, 0.29) is 5.91 Å². The van der Waals surface area contributed by atoms with Crippen molar-refractivity contribution in [3.63, 3.8) is 0 Å². The molecule has 0 saturated heterocycles. The maximum atomic E-state index is 13.3. The Bertz CT molecular complexity index is 1270. The lowest BCUT2D eigenvalue weighted by Crippen LogP contribution is -2.29. The number of fused-ring (bicyclic) bond motifs is 1. The third kappa shape index (κ3) is 2.99. The highest BCUT2D eigenvalue weighted by atomic mass is 16.5. The number of aromatic nitrogens is 4. The number of aryl methyl sites for hydroxylation is 3. The number of benzene rings is 2. The van der Waals surface area contributed by atoms with Gasteiger partial charge in [0, 0.05) is 30.9 Å². The summed E-state index contributed by atoms with van der Waals surface area (Å²) in [6, 6.07) is 14.0. The highest BCUT2D eigenvalue weighted by molar-refractivity contribution is 6.07. The first-order chi connectivity index (χ1) is 14.5. The van der Waals surface area contributed by atoms with E-state index in [0.717, 1.165) is 28.9 Å². The van der Waals surface area contributed by atoms with Crippen molar-refractivity contribution in [1.82, 2.24) is 19.9 Å². The fourth-order valence-electron chi connectivity index (χ4n) is 3.90. The summed E-state index contributed by atoms with van der Waals surface area (Å²) >= 11 is 0. The predicted octanol–water partition coefficient (Wildman–Crippen LogP) is 4.05. The van der Waals surface area contributed by atoms with Gasteiger partial charge in [-0.1, -0.05) is 35.5 Å². The molecule has 0 aliphatic carbocycles. The van der Waals surface area contributed by atoms with E-state index in [1.807, 2.05) is 61.3 Å². The average molecular weight is 399 g/mol. The highest BCUT2D eigenvalue weighted by Gasteiger charge is 2.27. The number of anilines is 1. The third-order valence-corrected chi connectivity index (χ3v) is 5.50. The molecule has 150 valence electrons. The Morgan fingerprint density at radius 3 is 2.70 bits per heavy atom. The van der Waals surface area contributed by atoms with Gasteiger partial charge in [-0.25, -0.2) is 4.68 Å². The smallest absolute Gasteiger partial charge is 0.261 e. The van der Waals surface area contributed by atoms with Crippen molar-refractivity contribution in [2.75, 3.05) is 11.4 Å². The molecule has 30 heavy (non-hydrogen) atoms. The predicted molar refractivity (Wildman–Crippen MR) is 113 cm³/mol. The first kappa shape index (κ1) is 18.3. The van der Waals surface area contributed by atoms with Crippen LogP contribution in [-0.2, 0) is 6.42 Å². The summed E-state index contributed by atoms with van der Waals surface area (Å²) in [4.78, 5) is 19.4. The minimum atomic E-state index is -0.0219. The second kappa shape index (κ2) is 6.95. The van der Waals surface area contributed by atoms with Crippen LogP contribution >= 0.6 is 0 Å². The number of para-hydroxylation sites is 1. The van der Waals surface area contributed by atoms with Crippen LogP contribution in [0.15, 0.2) is 53.2 Å². The molecule has 2 aromatic carbocycles. The number of carbonyl (C=O) groups excluding carboxylic acids is 1. The van der Waals surface area contributed by atoms with Gasteiger partial charge in [-0.05, 0) is 43.5 Å². The number of carbonyl (C=O) groups is 1. The topological polar surface area (TPSA) is 77.1 Å². The van der Waals surface area contributed by atoms with Crippen LogP contribution in [0.2, 0.25) is 0 Å². The first-order valence-corrected chi connectivity index (χ1v) is 9.89. The van der Waals surface area contributed by atoms with Gasteiger partial charge in [0.15, 0.2) is 0 Å².